The molecule has 2 aromatic heterocycles. The monoisotopic (exact) mass is 558 g/mol. The zero-order valence-electron chi connectivity index (χ0n) is 22.5. The van der Waals surface area contributed by atoms with E-state index in [0.717, 1.165) is 53.7 Å². The molecule has 1 fully saturated rings. The minimum atomic E-state index is -1.04. The molecule has 0 saturated carbocycles. The number of para-hydroxylation sites is 1. The molecule has 2 aromatic carbocycles. The van der Waals surface area contributed by atoms with Gasteiger partial charge in [0.2, 0.25) is 0 Å². The second-order valence-electron chi connectivity index (χ2n) is 10.8. The molecule has 6 rings (SSSR count). The Balaban J connectivity index is 0.00000103. The molecule has 40 heavy (non-hydrogen) atoms. The van der Waals surface area contributed by atoms with Gasteiger partial charge in [0.15, 0.2) is 6.19 Å². The second-order valence-corrected chi connectivity index (χ2v) is 11.3. The number of rotatable bonds is 5. The van der Waals surface area contributed by atoms with E-state index in [0.29, 0.717) is 24.4 Å². The van der Waals surface area contributed by atoms with Gasteiger partial charge in [-0.05, 0) is 56.4 Å². The van der Waals surface area contributed by atoms with Gasteiger partial charge in [0.1, 0.15) is 11.4 Å². The van der Waals surface area contributed by atoms with Crippen molar-refractivity contribution in [2.45, 2.75) is 64.3 Å². The number of aliphatic hydroxyl groups is 1. The van der Waals surface area contributed by atoms with Crippen LogP contribution in [-0.4, -0.2) is 42.3 Å². The first-order valence-corrected chi connectivity index (χ1v) is 13.8. The maximum absolute atomic E-state index is 11.9. The van der Waals surface area contributed by atoms with Crippen molar-refractivity contribution in [3.05, 3.63) is 71.0 Å². The van der Waals surface area contributed by atoms with Crippen LogP contribution in [0.3, 0.4) is 0 Å². The summed E-state index contributed by atoms with van der Waals surface area (Å²) in [5.41, 5.74) is 3.80. The van der Waals surface area contributed by atoms with Crippen LogP contribution in [0.1, 0.15) is 56.8 Å². The van der Waals surface area contributed by atoms with E-state index in [1.807, 2.05) is 53.0 Å². The summed E-state index contributed by atoms with van der Waals surface area (Å²) in [6.07, 6.45) is 8.94. The summed E-state index contributed by atoms with van der Waals surface area (Å²) in [5, 5.41) is 32.6. The first-order chi connectivity index (χ1) is 19.3. The average molecular weight is 559 g/mol. The number of nitriles is 1. The molecule has 2 aliphatic heterocycles. The first-order valence-electron chi connectivity index (χ1n) is 13.5. The molecule has 1 saturated heterocycles. The Morgan fingerprint density at radius 3 is 2.70 bits per heavy atom. The lowest BCUT2D eigenvalue weighted by molar-refractivity contribution is -0.191. The van der Waals surface area contributed by atoms with Crippen LogP contribution in [-0.2, 0) is 28.3 Å². The second kappa shape index (κ2) is 10.9. The van der Waals surface area contributed by atoms with Gasteiger partial charge in [-0.2, -0.15) is 14.9 Å². The predicted molar refractivity (Wildman–Crippen MR) is 149 cm³/mol. The van der Waals surface area contributed by atoms with E-state index in [9.17, 15) is 10.4 Å². The molecule has 1 N–H and O–H groups in total. The fourth-order valence-electron chi connectivity index (χ4n) is 6.98. The molecular weight excluding hydrogens is 528 g/mol. The van der Waals surface area contributed by atoms with Gasteiger partial charge in [-0.15, -0.1) is 5.10 Å². The van der Waals surface area contributed by atoms with Gasteiger partial charge in [0, 0.05) is 46.6 Å². The highest BCUT2D eigenvalue weighted by atomic mass is 35.5. The first kappa shape index (κ1) is 27.6. The molecule has 206 valence electrons. The van der Waals surface area contributed by atoms with E-state index >= 15 is 0 Å². The molecule has 0 radical (unpaired) electrons. The standard InChI is InChI=1S/C29H31ClN6O.CO2/c1-3-29-13-7-14-34(19-31)27(29)26-23(22-10-4-5-11-25(22)36(26)28(2,37)18-29)12-15-35-17-24(32-33-35)20-8-6-9-21(30)16-20;2-1-3/h4-6,8-11,16-17,27,37H,3,7,12-15,18H2,1-2H3;/t27-,28-,29+;/m1./s1. The predicted octanol–water partition coefficient (Wildman–Crippen LogP) is 5.30. The lowest BCUT2D eigenvalue weighted by atomic mass is 9.63. The maximum Gasteiger partial charge on any atom is 0.373 e. The van der Waals surface area contributed by atoms with Gasteiger partial charge >= 0.3 is 6.15 Å². The van der Waals surface area contributed by atoms with Crippen LogP contribution in [0.5, 0.6) is 0 Å². The number of halogens is 1. The summed E-state index contributed by atoms with van der Waals surface area (Å²) in [6.45, 7) is 5.52. The molecule has 2 aliphatic rings. The van der Waals surface area contributed by atoms with Crippen LogP contribution >= 0.6 is 11.6 Å². The number of nitrogens with zero attached hydrogens (tertiary/aromatic N) is 6. The molecule has 4 aromatic rings. The van der Waals surface area contributed by atoms with Crippen molar-refractivity contribution in [2.75, 3.05) is 6.54 Å². The van der Waals surface area contributed by atoms with Crippen LogP contribution in [0.2, 0.25) is 5.02 Å². The van der Waals surface area contributed by atoms with E-state index in [1.54, 1.807) is 0 Å². The number of carbonyl (C=O) groups excluding carboxylic acids is 2. The molecule has 0 spiro atoms. The zero-order valence-corrected chi connectivity index (χ0v) is 23.3. The van der Waals surface area contributed by atoms with Gasteiger partial charge < -0.3 is 14.6 Å². The molecule has 10 heteroatoms. The van der Waals surface area contributed by atoms with Gasteiger partial charge in [-0.1, -0.05) is 54.1 Å². The lowest BCUT2D eigenvalue weighted by Gasteiger charge is -2.55. The Hall–Kier alpha value is -3.96. The summed E-state index contributed by atoms with van der Waals surface area (Å²) >= 11 is 6.17. The number of aryl methyl sites for hydroxylation is 2. The molecule has 0 unspecified atom stereocenters. The topological polar surface area (TPSA) is 117 Å². The van der Waals surface area contributed by atoms with Gasteiger partial charge in [-0.3, -0.25) is 4.68 Å². The highest BCUT2D eigenvalue weighted by molar-refractivity contribution is 6.30. The van der Waals surface area contributed by atoms with Crippen molar-refractivity contribution in [3.63, 3.8) is 0 Å². The van der Waals surface area contributed by atoms with Crippen LogP contribution < -0.4 is 0 Å². The Labute approximate surface area is 237 Å². The minimum Gasteiger partial charge on any atom is -0.371 e. The van der Waals surface area contributed by atoms with Crippen molar-refractivity contribution < 1.29 is 14.7 Å². The third-order valence-corrected chi connectivity index (χ3v) is 8.73. The number of benzene rings is 2. The highest BCUT2D eigenvalue weighted by Crippen LogP contribution is 2.59. The molecular formula is C30H31ClN6O3. The van der Waals surface area contributed by atoms with E-state index in [4.69, 9.17) is 21.2 Å². The van der Waals surface area contributed by atoms with E-state index in [1.165, 1.54) is 5.56 Å². The van der Waals surface area contributed by atoms with Crippen molar-refractivity contribution in [2.24, 2.45) is 5.41 Å². The number of hydrogen-bond acceptors (Lipinski definition) is 7. The quantitative estimate of drug-likeness (QED) is 0.330. The average Bonchev–Trinajstić information content (AvgIpc) is 3.55. The summed E-state index contributed by atoms with van der Waals surface area (Å²) in [7, 11) is 0. The number of aromatic nitrogens is 4. The van der Waals surface area contributed by atoms with Crippen LogP contribution in [0.15, 0.2) is 54.7 Å². The number of fused-ring (bicyclic) bond motifs is 5. The summed E-state index contributed by atoms with van der Waals surface area (Å²) < 4.78 is 3.98. The number of hydrogen-bond donors (Lipinski definition) is 1. The van der Waals surface area contributed by atoms with Gasteiger partial charge in [0.05, 0.1) is 17.8 Å². The normalized spacial score (nSPS) is 23.4. The molecule has 0 aliphatic carbocycles. The Morgan fingerprint density at radius 1 is 1.20 bits per heavy atom. The van der Waals surface area contributed by atoms with E-state index in [2.05, 4.69) is 46.2 Å². The molecule has 0 bridgehead atoms. The summed E-state index contributed by atoms with van der Waals surface area (Å²) in [6, 6.07) is 15.9. The molecule has 4 heterocycles. The zero-order chi connectivity index (χ0) is 28.5. The smallest absolute Gasteiger partial charge is 0.371 e. The van der Waals surface area contributed by atoms with Gasteiger partial charge in [-0.25, -0.2) is 0 Å². The molecule has 3 atom stereocenters. The summed E-state index contributed by atoms with van der Waals surface area (Å²) in [4.78, 5) is 18.2. The van der Waals surface area contributed by atoms with Crippen LogP contribution in [0, 0.1) is 16.9 Å². The van der Waals surface area contributed by atoms with E-state index < -0.39 is 5.72 Å². The lowest BCUT2D eigenvalue weighted by Crippen LogP contribution is -2.54. The van der Waals surface area contributed by atoms with Crippen molar-refractivity contribution >= 4 is 28.7 Å². The maximum atomic E-state index is 11.9. The van der Waals surface area contributed by atoms with Gasteiger partial charge in [0.25, 0.3) is 0 Å². The largest absolute Gasteiger partial charge is 0.373 e. The van der Waals surface area contributed by atoms with Crippen LogP contribution in [0.4, 0.5) is 0 Å². The Kier molecular flexibility index (Phi) is 7.52. The highest BCUT2D eigenvalue weighted by Gasteiger charge is 2.55. The third kappa shape index (κ3) is 4.69. The fourth-order valence-corrected chi connectivity index (χ4v) is 7.17. The minimum absolute atomic E-state index is 0.0587. The number of likely N-dealkylation sites (tertiary alicyclic amines) is 1. The van der Waals surface area contributed by atoms with Crippen molar-refractivity contribution in [1.29, 1.82) is 5.26 Å². The van der Waals surface area contributed by atoms with E-state index in [-0.39, 0.29) is 17.6 Å². The van der Waals surface area contributed by atoms with Crippen molar-refractivity contribution in [3.8, 4) is 17.5 Å². The summed E-state index contributed by atoms with van der Waals surface area (Å²) in [5.74, 6) is 0. The fraction of sp³-hybridized carbons (Fsp3) is 0.400. The Morgan fingerprint density at radius 2 is 1.98 bits per heavy atom. The Bertz CT molecular complexity index is 1610. The molecule has 0 amide bonds. The van der Waals surface area contributed by atoms with Crippen molar-refractivity contribution in [1.82, 2.24) is 24.5 Å². The van der Waals surface area contributed by atoms with Crippen LogP contribution in [0.25, 0.3) is 22.2 Å². The SMILES string of the molecule is CC[C@@]12CCCN(C#N)[C@@H]1c1c(CCn3cc(-c4cccc(Cl)c4)nn3)c3ccccc3n1[C@](C)(O)C2.O=C=O. The third-order valence-electron chi connectivity index (χ3n) is 8.50. The molecule has 9 nitrogen and oxygen atoms in total. The number of piperidine rings is 1.